The fourth-order valence-electron chi connectivity index (χ4n) is 3.28. The van der Waals surface area contributed by atoms with Crippen molar-refractivity contribution in [1.82, 2.24) is 15.4 Å². The number of morpholine rings is 1. The normalized spacial score (nSPS) is 22.6. The molecule has 1 saturated heterocycles. The molecule has 2 atom stereocenters. The van der Waals surface area contributed by atoms with Gasteiger partial charge < -0.3 is 14.6 Å². The van der Waals surface area contributed by atoms with Crippen LogP contribution in [0.5, 0.6) is 0 Å². The highest BCUT2D eigenvalue weighted by atomic mass is 16.5. The molecule has 0 spiro atoms. The summed E-state index contributed by atoms with van der Waals surface area (Å²) in [6.07, 6.45) is 1.57. The lowest BCUT2D eigenvalue weighted by Gasteiger charge is -2.45. The third kappa shape index (κ3) is 4.80. The molecule has 0 aromatic carbocycles. The molecule has 1 aliphatic heterocycles. The first-order chi connectivity index (χ1) is 11.2. The van der Waals surface area contributed by atoms with Crippen molar-refractivity contribution < 1.29 is 14.1 Å². The highest BCUT2D eigenvalue weighted by Crippen LogP contribution is 2.21. The van der Waals surface area contributed by atoms with Crippen LogP contribution < -0.4 is 5.32 Å². The Morgan fingerprint density at radius 2 is 1.92 bits per heavy atom. The molecule has 1 amide bonds. The fourth-order valence-corrected chi connectivity index (χ4v) is 3.28. The lowest BCUT2D eigenvalue weighted by atomic mass is 10.00. The fraction of sp³-hybridized carbons (Fsp3) is 0.778. The van der Waals surface area contributed by atoms with Crippen molar-refractivity contribution >= 4 is 5.91 Å². The number of hydrogen-bond donors (Lipinski definition) is 1. The van der Waals surface area contributed by atoms with Crippen LogP contribution in [0.3, 0.4) is 0 Å². The van der Waals surface area contributed by atoms with Gasteiger partial charge in [0, 0.05) is 37.2 Å². The zero-order valence-electron chi connectivity index (χ0n) is 15.8. The Hall–Kier alpha value is -1.40. The molecular formula is C18H31N3O3. The van der Waals surface area contributed by atoms with Crippen LogP contribution in [-0.2, 0) is 16.0 Å². The first kappa shape index (κ1) is 18.9. The minimum atomic E-state index is -0.0923. The van der Waals surface area contributed by atoms with Gasteiger partial charge in [0.2, 0.25) is 5.91 Å². The molecule has 6 heteroatoms. The Labute approximate surface area is 144 Å². The van der Waals surface area contributed by atoms with Crippen LogP contribution in [0, 0.1) is 13.8 Å². The first-order valence-electron chi connectivity index (χ1n) is 8.78. The van der Waals surface area contributed by atoms with E-state index in [4.69, 9.17) is 9.26 Å². The van der Waals surface area contributed by atoms with Crippen LogP contribution >= 0.6 is 0 Å². The number of hydrogen-bond acceptors (Lipinski definition) is 5. The first-order valence-corrected chi connectivity index (χ1v) is 8.78. The molecule has 0 unspecified atom stereocenters. The Morgan fingerprint density at radius 1 is 1.29 bits per heavy atom. The molecule has 0 radical (unpaired) electrons. The van der Waals surface area contributed by atoms with Gasteiger partial charge in [0.1, 0.15) is 5.76 Å². The minimum Gasteiger partial charge on any atom is -0.373 e. The van der Waals surface area contributed by atoms with Crippen LogP contribution in [0.2, 0.25) is 0 Å². The van der Waals surface area contributed by atoms with Gasteiger partial charge in [-0.2, -0.15) is 0 Å². The van der Waals surface area contributed by atoms with E-state index in [1.54, 1.807) is 0 Å². The summed E-state index contributed by atoms with van der Waals surface area (Å²) in [6.45, 7) is 14.8. The van der Waals surface area contributed by atoms with Gasteiger partial charge in [-0.1, -0.05) is 5.16 Å². The molecule has 6 nitrogen and oxygen atoms in total. The van der Waals surface area contributed by atoms with Gasteiger partial charge in [0.25, 0.3) is 0 Å². The molecule has 0 saturated carbocycles. The highest BCUT2D eigenvalue weighted by molar-refractivity contribution is 5.76. The second kappa shape index (κ2) is 7.66. The number of carbonyl (C=O) groups is 1. The Morgan fingerprint density at radius 3 is 2.46 bits per heavy atom. The predicted octanol–water partition coefficient (Wildman–Crippen LogP) is 2.23. The summed E-state index contributed by atoms with van der Waals surface area (Å²) in [5.41, 5.74) is 1.82. The van der Waals surface area contributed by atoms with Gasteiger partial charge >= 0.3 is 0 Å². The smallest absolute Gasteiger partial charge is 0.220 e. The molecular weight excluding hydrogens is 306 g/mol. The molecule has 2 heterocycles. The number of carbonyl (C=O) groups excluding carboxylic acids is 1. The molecule has 24 heavy (non-hydrogen) atoms. The quantitative estimate of drug-likeness (QED) is 0.862. The largest absolute Gasteiger partial charge is 0.373 e. The van der Waals surface area contributed by atoms with Gasteiger partial charge in [-0.3, -0.25) is 9.69 Å². The Bertz CT molecular complexity index is 538. The molecule has 0 aliphatic carbocycles. The highest BCUT2D eigenvalue weighted by Gasteiger charge is 2.33. The van der Waals surface area contributed by atoms with Crippen LogP contribution in [0.15, 0.2) is 4.52 Å². The average Bonchev–Trinajstić information content (AvgIpc) is 2.81. The van der Waals surface area contributed by atoms with Crippen LogP contribution in [0.25, 0.3) is 0 Å². The van der Waals surface area contributed by atoms with Gasteiger partial charge in [0.15, 0.2) is 0 Å². The molecule has 0 bridgehead atoms. The van der Waals surface area contributed by atoms with E-state index < -0.39 is 0 Å². The van der Waals surface area contributed by atoms with Crippen molar-refractivity contribution in [3.63, 3.8) is 0 Å². The minimum absolute atomic E-state index is 0.0671. The topological polar surface area (TPSA) is 67.6 Å². The summed E-state index contributed by atoms with van der Waals surface area (Å²) < 4.78 is 10.9. The SMILES string of the molecule is Cc1noc(C)c1CCC(=O)NCC(C)(C)N1C[C@@H](C)O[C@@H](C)C1. The van der Waals surface area contributed by atoms with Crippen LogP contribution in [0.1, 0.15) is 51.1 Å². The van der Waals surface area contributed by atoms with E-state index in [2.05, 4.69) is 43.1 Å². The zero-order valence-corrected chi connectivity index (χ0v) is 15.8. The number of nitrogens with zero attached hydrogens (tertiary/aromatic N) is 2. The van der Waals surface area contributed by atoms with Crippen LogP contribution in [-0.4, -0.2) is 53.3 Å². The second-order valence-electron chi connectivity index (χ2n) is 7.55. The third-order valence-electron chi connectivity index (χ3n) is 4.78. The summed E-state index contributed by atoms with van der Waals surface area (Å²) in [4.78, 5) is 14.6. The second-order valence-corrected chi connectivity index (χ2v) is 7.55. The third-order valence-corrected chi connectivity index (χ3v) is 4.78. The van der Waals surface area contributed by atoms with Crippen molar-refractivity contribution in [1.29, 1.82) is 0 Å². The predicted molar refractivity (Wildman–Crippen MR) is 93.0 cm³/mol. The Kier molecular flexibility index (Phi) is 6.04. The number of ether oxygens (including phenoxy) is 1. The molecule has 1 N–H and O–H groups in total. The summed E-state index contributed by atoms with van der Waals surface area (Å²) in [5, 5.41) is 7.01. The van der Waals surface area contributed by atoms with E-state index in [-0.39, 0.29) is 23.7 Å². The van der Waals surface area contributed by atoms with Crippen molar-refractivity contribution in [2.24, 2.45) is 0 Å². The number of aryl methyl sites for hydroxylation is 2. The molecule has 1 aromatic heterocycles. The van der Waals surface area contributed by atoms with Crippen molar-refractivity contribution in [3.8, 4) is 0 Å². The maximum atomic E-state index is 12.2. The van der Waals surface area contributed by atoms with E-state index >= 15 is 0 Å². The maximum absolute atomic E-state index is 12.2. The van der Waals surface area contributed by atoms with E-state index in [0.717, 1.165) is 30.1 Å². The summed E-state index contributed by atoms with van der Waals surface area (Å²) in [5.74, 6) is 0.870. The zero-order chi connectivity index (χ0) is 17.9. The summed E-state index contributed by atoms with van der Waals surface area (Å²) in [7, 11) is 0. The lowest BCUT2D eigenvalue weighted by Crippen LogP contribution is -2.58. The van der Waals surface area contributed by atoms with Crippen molar-refractivity contribution in [3.05, 3.63) is 17.0 Å². The summed E-state index contributed by atoms with van der Waals surface area (Å²) in [6, 6.07) is 0. The van der Waals surface area contributed by atoms with Gasteiger partial charge in [-0.05, 0) is 48.0 Å². The average molecular weight is 337 g/mol. The lowest BCUT2D eigenvalue weighted by molar-refractivity contribution is -0.122. The van der Waals surface area contributed by atoms with E-state index in [9.17, 15) is 4.79 Å². The molecule has 1 aliphatic rings. The molecule has 136 valence electrons. The van der Waals surface area contributed by atoms with E-state index in [0.29, 0.717) is 19.4 Å². The number of amides is 1. The van der Waals surface area contributed by atoms with Gasteiger partial charge in [0.05, 0.1) is 17.9 Å². The molecule has 1 aromatic rings. The molecule has 2 rings (SSSR count). The standard InChI is InChI=1S/C18H31N3O3/c1-12-9-21(10-13(2)23-12)18(5,6)11-19-17(22)8-7-16-14(3)20-24-15(16)4/h12-13H,7-11H2,1-6H3,(H,19,22)/t12-,13+. The molecule has 1 fully saturated rings. The van der Waals surface area contributed by atoms with Gasteiger partial charge in [-0.15, -0.1) is 0 Å². The van der Waals surface area contributed by atoms with E-state index in [1.165, 1.54) is 0 Å². The maximum Gasteiger partial charge on any atom is 0.220 e. The van der Waals surface area contributed by atoms with Crippen molar-refractivity contribution in [2.45, 2.75) is 72.1 Å². The monoisotopic (exact) mass is 337 g/mol. The number of aromatic nitrogens is 1. The van der Waals surface area contributed by atoms with E-state index in [1.807, 2.05) is 13.8 Å². The van der Waals surface area contributed by atoms with Crippen LogP contribution in [0.4, 0.5) is 0 Å². The number of nitrogens with one attached hydrogen (secondary N) is 1. The van der Waals surface area contributed by atoms with Crippen molar-refractivity contribution in [2.75, 3.05) is 19.6 Å². The number of rotatable bonds is 6. The Balaban J connectivity index is 1.81. The van der Waals surface area contributed by atoms with Gasteiger partial charge in [-0.25, -0.2) is 0 Å². The summed E-state index contributed by atoms with van der Waals surface area (Å²) >= 11 is 0.